The summed E-state index contributed by atoms with van der Waals surface area (Å²) in [5, 5.41) is 7.97. The fraction of sp³-hybridized carbons (Fsp3) is 0.179. The van der Waals surface area contributed by atoms with Crippen molar-refractivity contribution in [2.75, 3.05) is 0 Å². The number of nitrogens with one attached hydrogen (secondary N) is 1. The largest absolute Gasteiger partial charge is 0.334 e. The van der Waals surface area contributed by atoms with E-state index in [0.29, 0.717) is 23.3 Å². The maximum Gasteiger partial charge on any atom is 0.322 e. The van der Waals surface area contributed by atoms with E-state index in [2.05, 4.69) is 41.7 Å². The molecule has 7 heteroatoms. The average Bonchev–Trinajstić information content (AvgIpc) is 3.37. The van der Waals surface area contributed by atoms with Crippen LogP contribution >= 0.6 is 11.6 Å². The monoisotopic (exact) mass is 484 g/mol. The van der Waals surface area contributed by atoms with Crippen LogP contribution in [0.25, 0.3) is 17.0 Å². The van der Waals surface area contributed by atoms with Crippen molar-refractivity contribution in [3.63, 3.8) is 0 Å². The van der Waals surface area contributed by atoms with E-state index in [0.717, 1.165) is 34.4 Å². The topological polar surface area (TPSA) is 71.3 Å². The summed E-state index contributed by atoms with van der Waals surface area (Å²) < 4.78 is 5.75. The van der Waals surface area contributed by atoms with Gasteiger partial charge in [-0.05, 0) is 42.2 Å². The molecule has 0 saturated carbocycles. The van der Waals surface area contributed by atoms with Crippen LogP contribution in [-0.4, -0.2) is 21.1 Å². The van der Waals surface area contributed by atoms with Crippen molar-refractivity contribution in [1.29, 1.82) is 0 Å². The minimum absolute atomic E-state index is 0.187. The molecule has 4 aromatic rings. The Bertz CT molecular complexity index is 1360. The number of carbonyl (C=O) groups excluding carboxylic acids is 1. The molecule has 0 aliphatic carbocycles. The summed E-state index contributed by atoms with van der Waals surface area (Å²) in [5.74, 6) is 0.863. The van der Waals surface area contributed by atoms with Gasteiger partial charge in [-0.1, -0.05) is 90.4 Å². The first kappa shape index (κ1) is 22.9. The van der Waals surface area contributed by atoms with E-state index < -0.39 is 6.04 Å². The highest BCUT2D eigenvalue weighted by Gasteiger charge is 2.35. The van der Waals surface area contributed by atoms with E-state index in [9.17, 15) is 4.79 Å². The molecule has 1 atom stereocenters. The van der Waals surface area contributed by atoms with Crippen LogP contribution in [0.15, 0.2) is 89.1 Å². The molecule has 1 aliphatic heterocycles. The fourth-order valence-electron chi connectivity index (χ4n) is 4.25. The molecule has 0 fully saturated rings. The van der Waals surface area contributed by atoms with Gasteiger partial charge in [0.2, 0.25) is 5.82 Å². The van der Waals surface area contributed by atoms with Crippen LogP contribution in [0.4, 0.5) is 4.79 Å². The second-order valence-electron chi connectivity index (χ2n) is 8.48. The third-order valence-corrected chi connectivity index (χ3v) is 6.51. The van der Waals surface area contributed by atoms with E-state index in [4.69, 9.17) is 21.1 Å². The number of hydrogen-bond donors (Lipinski definition) is 1. The number of hydrogen-bond acceptors (Lipinski definition) is 4. The summed E-state index contributed by atoms with van der Waals surface area (Å²) in [7, 11) is 0. The van der Waals surface area contributed by atoms with Crippen LogP contribution in [-0.2, 0) is 13.0 Å². The average molecular weight is 485 g/mol. The predicted molar refractivity (Wildman–Crippen MR) is 136 cm³/mol. The molecule has 0 saturated heterocycles. The molecule has 0 radical (unpaired) electrons. The molecule has 176 valence electrons. The number of aryl methyl sites for hydroxylation is 1. The summed E-state index contributed by atoms with van der Waals surface area (Å²) in [4.78, 5) is 19.7. The lowest BCUT2D eigenvalue weighted by atomic mass is 9.94. The highest BCUT2D eigenvalue weighted by atomic mass is 35.5. The lowest BCUT2D eigenvalue weighted by Gasteiger charge is -2.35. The Labute approximate surface area is 209 Å². The number of urea groups is 1. The molecule has 1 unspecified atom stereocenters. The van der Waals surface area contributed by atoms with Gasteiger partial charge >= 0.3 is 6.03 Å². The van der Waals surface area contributed by atoms with Crippen molar-refractivity contribution >= 4 is 23.2 Å². The minimum Gasteiger partial charge on any atom is -0.334 e. The third kappa shape index (κ3) is 4.70. The minimum atomic E-state index is -0.456. The maximum absolute atomic E-state index is 13.3. The Morgan fingerprint density at radius 2 is 1.66 bits per heavy atom. The first-order chi connectivity index (χ1) is 17.0. The zero-order valence-corrected chi connectivity index (χ0v) is 20.3. The standard InChI is InChI=1S/C28H25ClN4O2/c1-3-19-9-11-20(12-10-19)17-33-18(2)24(25(30-28(33)34)21-13-15-23(29)16-14-21)27-31-26(32-35-27)22-7-5-4-6-8-22/h4-16,25H,3,17H2,1-2H3,(H,30,34). The van der Waals surface area contributed by atoms with E-state index >= 15 is 0 Å². The fourth-order valence-corrected chi connectivity index (χ4v) is 4.38. The summed E-state index contributed by atoms with van der Waals surface area (Å²) in [6, 6.07) is 24.7. The quantitative estimate of drug-likeness (QED) is 0.332. The highest BCUT2D eigenvalue weighted by molar-refractivity contribution is 6.30. The molecular weight excluding hydrogens is 460 g/mol. The summed E-state index contributed by atoms with van der Waals surface area (Å²) in [6.45, 7) is 4.47. The SMILES string of the molecule is CCc1ccc(CN2C(=O)NC(c3ccc(Cl)cc3)C(c3nc(-c4ccccc4)no3)=C2C)cc1. The van der Waals surface area contributed by atoms with Crippen LogP contribution < -0.4 is 5.32 Å². The van der Waals surface area contributed by atoms with Gasteiger partial charge in [0, 0.05) is 16.3 Å². The number of amides is 2. The van der Waals surface area contributed by atoms with Crippen LogP contribution in [0.5, 0.6) is 0 Å². The van der Waals surface area contributed by atoms with Crippen LogP contribution in [0.1, 0.15) is 42.5 Å². The number of aromatic nitrogens is 2. The number of nitrogens with zero attached hydrogens (tertiary/aromatic N) is 3. The molecule has 1 N–H and O–H groups in total. The van der Waals surface area contributed by atoms with Gasteiger partial charge in [-0.2, -0.15) is 4.98 Å². The summed E-state index contributed by atoms with van der Waals surface area (Å²) in [6.07, 6.45) is 0.969. The van der Waals surface area contributed by atoms with Crippen molar-refractivity contribution in [1.82, 2.24) is 20.4 Å². The number of rotatable bonds is 6. The summed E-state index contributed by atoms with van der Waals surface area (Å²) in [5.41, 5.74) is 5.55. The third-order valence-electron chi connectivity index (χ3n) is 6.26. The van der Waals surface area contributed by atoms with Gasteiger partial charge in [0.05, 0.1) is 18.2 Å². The van der Waals surface area contributed by atoms with E-state index in [1.807, 2.05) is 49.4 Å². The molecule has 2 heterocycles. The van der Waals surface area contributed by atoms with Crippen molar-refractivity contribution in [2.45, 2.75) is 32.9 Å². The molecule has 1 aliphatic rings. The molecular formula is C28H25ClN4O2. The second-order valence-corrected chi connectivity index (χ2v) is 8.91. The second kappa shape index (κ2) is 9.76. The molecule has 2 amide bonds. The molecule has 5 rings (SSSR count). The Kier molecular flexibility index (Phi) is 6.38. The van der Waals surface area contributed by atoms with Gasteiger partial charge in [0.1, 0.15) is 0 Å². The maximum atomic E-state index is 13.3. The van der Waals surface area contributed by atoms with Crippen molar-refractivity contribution < 1.29 is 9.32 Å². The lowest BCUT2D eigenvalue weighted by molar-refractivity contribution is 0.203. The van der Waals surface area contributed by atoms with Gasteiger partial charge in [-0.15, -0.1) is 0 Å². The Hall–Kier alpha value is -3.90. The molecule has 3 aromatic carbocycles. The normalized spacial score (nSPS) is 15.9. The molecule has 35 heavy (non-hydrogen) atoms. The van der Waals surface area contributed by atoms with E-state index in [1.165, 1.54) is 5.56 Å². The smallest absolute Gasteiger partial charge is 0.322 e. The first-order valence-corrected chi connectivity index (χ1v) is 11.9. The molecule has 0 bridgehead atoms. The number of benzene rings is 3. The van der Waals surface area contributed by atoms with Crippen LogP contribution in [0, 0.1) is 0 Å². The van der Waals surface area contributed by atoms with Crippen molar-refractivity contribution in [3.8, 4) is 11.4 Å². The predicted octanol–water partition coefficient (Wildman–Crippen LogP) is 6.65. The molecule has 1 aromatic heterocycles. The Morgan fingerprint density at radius 3 is 2.34 bits per heavy atom. The summed E-state index contributed by atoms with van der Waals surface area (Å²) >= 11 is 6.12. The van der Waals surface area contributed by atoms with Crippen LogP contribution in [0.2, 0.25) is 5.02 Å². The Morgan fingerprint density at radius 1 is 0.971 bits per heavy atom. The number of carbonyl (C=O) groups is 1. The van der Waals surface area contributed by atoms with Gasteiger partial charge < -0.3 is 9.84 Å². The van der Waals surface area contributed by atoms with Gasteiger partial charge in [-0.3, -0.25) is 4.90 Å². The van der Waals surface area contributed by atoms with Gasteiger partial charge in [0.25, 0.3) is 5.89 Å². The lowest BCUT2D eigenvalue weighted by Crippen LogP contribution is -2.45. The van der Waals surface area contributed by atoms with Gasteiger partial charge in [-0.25, -0.2) is 4.79 Å². The molecule has 0 spiro atoms. The van der Waals surface area contributed by atoms with Crippen molar-refractivity contribution in [3.05, 3.63) is 112 Å². The van der Waals surface area contributed by atoms with Gasteiger partial charge in [0.15, 0.2) is 0 Å². The number of halogens is 1. The van der Waals surface area contributed by atoms with E-state index in [-0.39, 0.29) is 6.03 Å². The van der Waals surface area contributed by atoms with E-state index in [1.54, 1.807) is 17.0 Å². The highest BCUT2D eigenvalue weighted by Crippen LogP contribution is 2.38. The zero-order chi connectivity index (χ0) is 24.4. The molecule has 6 nitrogen and oxygen atoms in total. The zero-order valence-electron chi connectivity index (χ0n) is 19.5. The Balaban J connectivity index is 1.57. The van der Waals surface area contributed by atoms with Crippen molar-refractivity contribution in [2.24, 2.45) is 0 Å². The number of allylic oxidation sites excluding steroid dienone is 1. The van der Waals surface area contributed by atoms with Crippen LogP contribution in [0.3, 0.4) is 0 Å². The first-order valence-electron chi connectivity index (χ1n) is 11.5.